The molecule has 4 rings (SSSR count). The van der Waals surface area contributed by atoms with Crippen LogP contribution in [0, 0.1) is 0 Å². The Kier molecular flexibility index (Phi) is 9.24. The second-order valence-corrected chi connectivity index (χ2v) is 13.4. The van der Waals surface area contributed by atoms with Gasteiger partial charge in [0.25, 0.3) is 0 Å². The van der Waals surface area contributed by atoms with Gasteiger partial charge in [0.2, 0.25) is 0 Å². The van der Waals surface area contributed by atoms with Crippen molar-refractivity contribution in [1.29, 1.82) is 0 Å². The summed E-state index contributed by atoms with van der Waals surface area (Å²) in [6.45, 7) is 13.6. The molecule has 0 aromatic heterocycles. The maximum Gasteiger partial charge on any atom is -0.0132 e. The standard InChI is InChI=1S/C20H27P.C12H11P/c1-19(2,3)15-7-11-17(12-8-15)21-18-13-9-16(10-14-18)20(4,5)6;1-3-7-11(8-4-1)13-12-9-5-2-6-10-12/h7-14,21H,1-6H3;1-10,13H. The van der Waals surface area contributed by atoms with Gasteiger partial charge in [0, 0.05) is 0 Å². The SMILES string of the molecule is CC(C)(C)c1ccc(Pc2ccc(C(C)(C)C)cc2)cc1.c1ccc(Pc2ccccc2)cc1. The summed E-state index contributed by atoms with van der Waals surface area (Å²) >= 11 is 0. The van der Waals surface area contributed by atoms with E-state index in [9.17, 15) is 0 Å². The van der Waals surface area contributed by atoms with Gasteiger partial charge in [-0.15, -0.1) is 0 Å². The van der Waals surface area contributed by atoms with Gasteiger partial charge < -0.3 is 0 Å². The van der Waals surface area contributed by atoms with Gasteiger partial charge in [-0.2, -0.15) is 0 Å². The molecule has 176 valence electrons. The van der Waals surface area contributed by atoms with Crippen LogP contribution in [0.15, 0.2) is 109 Å². The Morgan fingerprint density at radius 3 is 0.882 bits per heavy atom. The van der Waals surface area contributed by atoms with E-state index in [4.69, 9.17) is 0 Å². The summed E-state index contributed by atoms with van der Waals surface area (Å²) < 4.78 is 0. The van der Waals surface area contributed by atoms with Gasteiger partial charge in [0.15, 0.2) is 0 Å². The molecule has 0 heterocycles. The molecule has 4 aromatic carbocycles. The first-order valence-electron chi connectivity index (χ1n) is 12.0. The van der Waals surface area contributed by atoms with E-state index >= 15 is 0 Å². The molecular formula is C32H38P2. The number of hydrogen-bond donors (Lipinski definition) is 0. The molecule has 0 spiro atoms. The summed E-state index contributed by atoms with van der Waals surface area (Å²) in [5.41, 5.74) is 3.27. The third-order valence-corrected chi connectivity index (χ3v) is 8.11. The van der Waals surface area contributed by atoms with E-state index in [0.29, 0.717) is 0 Å². The van der Waals surface area contributed by atoms with Crippen LogP contribution in [0.25, 0.3) is 0 Å². The van der Waals surface area contributed by atoms with Crippen molar-refractivity contribution in [2.24, 2.45) is 0 Å². The van der Waals surface area contributed by atoms with Gasteiger partial charge in [-0.25, -0.2) is 0 Å². The lowest BCUT2D eigenvalue weighted by atomic mass is 9.87. The van der Waals surface area contributed by atoms with Crippen molar-refractivity contribution < 1.29 is 0 Å². The first-order valence-corrected chi connectivity index (χ1v) is 14.0. The van der Waals surface area contributed by atoms with Gasteiger partial charge in [-0.05, 0) is 43.2 Å². The highest BCUT2D eigenvalue weighted by molar-refractivity contribution is 7.55. The Bertz CT molecular complexity index is 1020. The lowest BCUT2D eigenvalue weighted by Gasteiger charge is -2.20. The molecule has 0 saturated carbocycles. The zero-order chi connectivity index (χ0) is 24.6. The minimum atomic E-state index is 0.232. The van der Waals surface area contributed by atoms with Crippen molar-refractivity contribution in [2.75, 3.05) is 0 Å². The molecule has 0 aliphatic rings. The van der Waals surface area contributed by atoms with Gasteiger partial charge in [-0.3, -0.25) is 0 Å². The van der Waals surface area contributed by atoms with Crippen LogP contribution in [-0.2, 0) is 10.8 Å². The fourth-order valence-electron chi connectivity index (χ4n) is 3.48. The van der Waals surface area contributed by atoms with Crippen molar-refractivity contribution in [3.05, 3.63) is 120 Å². The summed E-state index contributed by atoms with van der Waals surface area (Å²) in [6, 6.07) is 39.3. The van der Waals surface area contributed by atoms with E-state index in [1.54, 1.807) is 0 Å². The van der Waals surface area contributed by atoms with E-state index in [1.165, 1.54) is 32.3 Å². The van der Waals surface area contributed by atoms with E-state index in [-0.39, 0.29) is 10.8 Å². The Morgan fingerprint density at radius 1 is 0.353 bits per heavy atom. The Hall–Kier alpha value is -2.26. The van der Waals surface area contributed by atoms with Crippen molar-refractivity contribution in [2.45, 2.75) is 52.4 Å². The summed E-state index contributed by atoms with van der Waals surface area (Å²) in [5.74, 6) is 0. The van der Waals surface area contributed by atoms with Crippen LogP contribution < -0.4 is 21.2 Å². The zero-order valence-electron chi connectivity index (χ0n) is 21.4. The lowest BCUT2D eigenvalue weighted by Crippen LogP contribution is -2.13. The maximum atomic E-state index is 2.27. The Morgan fingerprint density at radius 2 is 0.618 bits per heavy atom. The van der Waals surface area contributed by atoms with Crippen LogP contribution in [0.3, 0.4) is 0 Å². The molecule has 0 aliphatic carbocycles. The molecule has 0 fully saturated rings. The van der Waals surface area contributed by atoms with Gasteiger partial charge in [0.1, 0.15) is 0 Å². The van der Waals surface area contributed by atoms with Crippen molar-refractivity contribution in [3.8, 4) is 0 Å². The quantitative estimate of drug-likeness (QED) is 0.268. The number of benzene rings is 4. The smallest absolute Gasteiger partial charge is 0.0132 e. The van der Waals surface area contributed by atoms with Crippen molar-refractivity contribution >= 4 is 38.4 Å². The van der Waals surface area contributed by atoms with E-state index in [1.807, 2.05) is 0 Å². The highest BCUT2D eigenvalue weighted by Gasteiger charge is 2.14. The third kappa shape index (κ3) is 8.51. The van der Waals surface area contributed by atoms with E-state index in [0.717, 1.165) is 17.2 Å². The van der Waals surface area contributed by atoms with Crippen LogP contribution in [0.1, 0.15) is 52.7 Å². The third-order valence-electron chi connectivity index (χ3n) is 5.63. The van der Waals surface area contributed by atoms with E-state index < -0.39 is 0 Å². The van der Waals surface area contributed by atoms with Gasteiger partial charge >= 0.3 is 0 Å². The number of rotatable bonds is 4. The fourth-order valence-corrected chi connectivity index (χ4v) is 5.53. The van der Waals surface area contributed by atoms with E-state index in [2.05, 4.69) is 151 Å². The molecular weight excluding hydrogens is 446 g/mol. The second kappa shape index (κ2) is 11.9. The van der Waals surface area contributed by atoms with Crippen LogP contribution in [0.5, 0.6) is 0 Å². The molecule has 0 radical (unpaired) electrons. The average molecular weight is 485 g/mol. The van der Waals surface area contributed by atoms with Gasteiger partial charge in [0.05, 0.1) is 0 Å². The first kappa shape index (κ1) is 26.3. The predicted molar refractivity (Wildman–Crippen MR) is 158 cm³/mol. The molecule has 0 unspecified atom stereocenters. The second-order valence-electron chi connectivity index (χ2n) is 10.6. The fraction of sp³-hybridized carbons (Fsp3) is 0.250. The van der Waals surface area contributed by atoms with Crippen molar-refractivity contribution in [3.63, 3.8) is 0 Å². The highest BCUT2D eigenvalue weighted by atomic mass is 31.1. The monoisotopic (exact) mass is 484 g/mol. The lowest BCUT2D eigenvalue weighted by molar-refractivity contribution is 0.590. The Balaban J connectivity index is 0.000000212. The minimum absolute atomic E-state index is 0.232. The Labute approximate surface area is 210 Å². The summed E-state index contributed by atoms with van der Waals surface area (Å²) in [6.07, 6.45) is 0. The summed E-state index contributed by atoms with van der Waals surface area (Å²) in [7, 11) is 1.51. The largest absolute Gasteiger partial charge is 0.0622 e. The highest BCUT2D eigenvalue weighted by Crippen LogP contribution is 2.24. The van der Waals surface area contributed by atoms with Crippen LogP contribution in [0.4, 0.5) is 0 Å². The first-order chi connectivity index (χ1) is 16.1. The summed E-state index contributed by atoms with van der Waals surface area (Å²) in [4.78, 5) is 0. The van der Waals surface area contributed by atoms with Gasteiger partial charge in [-0.1, -0.05) is 168 Å². The molecule has 0 amide bonds. The minimum Gasteiger partial charge on any atom is -0.0622 e. The molecule has 34 heavy (non-hydrogen) atoms. The molecule has 4 aromatic rings. The topological polar surface area (TPSA) is 0 Å². The predicted octanol–water partition coefficient (Wildman–Crippen LogP) is 7.23. The maximum absolute atomic E-state index is 2.27. The van der Waals surface area contributed by atoms with Crippen LogP contribution >= 0.6 is 17.2 Å². The molecule has 0 nitrogen and oxygen atoms in total. The number of hydrogen-bond acceptors (Lipinski definition) is 0. The zero-order valence-corrected chi connectivity index (χ0v) is 23.4. The normalized spacial score (nSPS) is 11.5. The molecule has 2 heteroatoms. The molecule has 0 bridgehead atoms. The molecule has 0 aliphatic heterocycles. The van der Waals surface area contributed by atoms with Crippen LogP contribution in [0.2, 0.25) is 0 Å². The van der Waals surface area contributed by atoms with Crippen molar-refractivity contribution in [1.82, 2.24) is 0 Å². The van der Waals surface area contributed by atoms with Crippen LogP contribution in [-0.4, -0.2) is 0 Å². The molecule has 0 atom stereocenters. The summed E-state index contributed by atoms with van der Waals surface area (Å²) in [5, 5.41) is 5.61. The molecule has 0 N–H and O–H groups in total. The molecule has 0 saturated heterocycles. The average Bonchev–Trinajstić information content (AvgIpc) is 2.80.